The number of carbonyl (C=O) groups is 1. The highest BCUT2D eigenvalue weighted by Crippen LogP contribution is 2.20. The number of hydrogen-bond acceptors (Lipinski definition) is 3. The van der Waals surface area contributed by atoms with Crippen LogP contribution in [0.1, 0.15) is 11.3 Å². The van der Waals surface area contributed by atoms with E-state index in [4.69, 9.17) is 4.42 Å². The van der Waals surface area contributed by atoms with Crippen LogP contribution in [0, 0.1) is 0 Å². The molecule has 0 bridgehead atoms. The van der Waals surface area contributed by atoms with Crippen molar-refractivity contribution in [2.75, 3.05) is 6.61 Å². The van der Waals surface area contributed by atoms with Crippen LogP contribution in [-0.4, -0.2) is 18.7 Å². The van der Waals surface area contributed by atoms with Gasteiger partial charge in [-0.15, -0.1) is 0 Å². The summed E-state index contributed by atoms with van der Waals surface area (Å²) >= 11 is 0. The zero-order valence-corrected chi connectivity index (χ0v) is 14.1. The molecule has 2 aromatic carbocycles. The van der Waals surface area contributed by atoms with Crippen molar-refractivity contribution in [3.63, 3.8) is 0 Å². The lowest BCUT2D eigenvalue weighted by Crippen LogP contribution is -2.20. The molecule has 1 N–H and O–H groups in total. The van der Waals surface area contributed by atoms with Gasteiger partial charge in [-0.25, -0.2) is 0 Å². The lowest BCUT2D eigenvalue weighted by molar-refractivity contribution is -0.153. The van der Waals surface area contributed by atoms with E-state index < -0.39 is 12.8 Å². The van der Waals surface area contributed by atoms with Crippen molar-refractivity contribution < 1.29 is 27.1 Å². The number of furan rings is 1. The van der Waals surface area contributed by atoms with Gasteiger partial charge < -0.3 is 14.5 Å². The molecule has 140 valence electrons. The average Bonchev–Trinajstić information content (AvgIpc) is 3.06. The van der Waals surface area contributed by atoms with E-state index in [1.807, 2.05) is 30.3 Å². The highest BCUT2D eigenvalue weighted by molar-refractivity contribution is 5.92. The SMILES string of the molecule is O=C(/C=C/c1cc2ccccc2o1)NCc1ccc(OCC(F)(F)F)cc1. The lowest BCUT2D eigenvalue weighted by Gasteiger charge is -2.09. The fraction of sp³-hybridized carbons (Fsp3) is 0.150. The molecule has 1 heterocycles. The van der Waals surface area contributed by atoms with Gasteiger partial charge in [0.15, 0.2) is 6.61 Å². The first-order valence-electron chi connectivity index (χ1n) is 8.12. The summed E-state index contributed by atoms with van der Waals surface area (Å²) in [5.74, 6) is 0.373. The first kappa shape index (κ1) is 18.6. The number of ether oxygens (including phenoxy) is 1. The molecular weight excluding hydrogens is 359 g/mol. The fourth-order valence-corrected chi connectivity index (χ4v) is 2.36. The zero-order chi connectivity index (χ0) is 19.3. The maximum absolute atomic E-state index is 12.1. The molecule has 4 nitrogen and oxygen atoms in total. The molecule has 27 heavy (non-hydrogen) atoms. The molecule has 7 heteroatoms. The van der Waals surface area contributed by atoms with E-state index in [0.717, 1.165) is 16.5 Å². The molecule has 0 atom stereocenters. The minimum Gasteiger partial charge on any atom is -0.484 e. The van der Waals surface area contributed by atoms with Gasteiger partial charge in [-0.1, -0.05) is 30.3 Å². The molecule has 1 amide bonds. The Bertz CT molecular complexity index is 910. The Labute approximate surface area is 153 Å². The van der Waals surface area contributed by atoms with Crippen LogP contribution in [0.15, 0.2) is 65.1 Å². The molecule has 0 radical (unpaired) electrons. The Kier molecular flexibility index (Phi) is 5.49. The average molecular weight is 375 g/mol. The highest BCUT2D eigenvalue weighted by atomic mass is 19.4. The molecule has 0 spiro atoms. The number of nitrogens with one attached hydrogen (secondary N) is 1. The predicted molar refractivity (Wildman–Crippen MR) is 95.1 cm³/mol. The van der Waals surface area contributed by atoms with Crippen molar-refractivity contribution in [2.24, 2.45) is 0 Å². The Hall–Kier alpha value is -3.22. The van der Waals surface area contributed by atoms with Gasteiger partial charge >= 0.3 is 6.18 Å². The number of fused-ring (bicyclic) bond motifs is 1. The number of alkyl halides is 3. The summed E-state index contributed by atoms with van der Waals surface area (Å²) < 4.78 is 46.5. The molecule has 0 unspecified atom stereocenters. The fourth-order valence-electron chi connectivity index (χ4n) is 2.36. The second kappa shape index (κ2) is 7.99. The number of carbonyl (C=O) groups excluding carboxylic acids is 1. The number of benzene rings is 2. The monoisotopic (exact) mass is 375 g/mol. The summed E-state index contributed by atoms with van der Waals surface area (Å²) in [4.78, 5) is 11.9. The summed E-state index contributed by atoms with van der Waals surface area (Å²) in [5, 5.41) is 3.64. The van der Waals surface area contributed by atoms with Crippen molar-refractivity contribution in [1.82, 2.24) is 5.32 Å². The number of hydrogen-bond donors (Lipinski definition) is 1. The number of para-hydroxylation sites is 1. The van der Waals surface area contributed by atoms with Gasteiger partial charge in [-0.05, 0) is 35.9 Å². The van der Waals surface area contributed by atoms with Crippen molar-refractivity contribution in [3.8, 4) is 5.75 Å². The predicted octanol–water partition coefficient (Wildman–Crippen LogP) is 4.70. The molecular formula is C20H16F3NO3. The van der Waals surface area contributed by atoms with Crippen molar-refractivity contribution in [1.29, 1.82) is 0 Å². The normalized spacial score (nSPS) is 11.8. The second-order valence-electron chi connectivity index (χ2n) is 5.79. The topological polar surface area (TPSA) is 51.5 Å². The molecule has 1 aromatic heterocycles. The Morgan fingerprint density at radius 3 is 2.56 bits per heavy atom. The van der Waals surface area contributed by atoms with Crippen LogP contribution in [0.25, 0.3) is 17.0 Å². The van der Waals surface area contributed by atoms with Crippen LogP contribution in [0.3, 0.4) is 0 Å². The molecule has 0 saturated carbocycles. The van der Waals surface area contributed by atoms with Crippen LogP contribution in [0.5, 0.6) is 5.75 Å². The Balaban J connectivity index is 1.49. The maximum Gasteiger partial charge on any atom is 0.422 e. The largest absolute Gasteiger partial charge is 0.484 e. The van der Waals surface area contributed by atoms with Crippen LogP contribution in [0.2, 0.25) is 0 Å². The maximum atomic E-state index is 12.1. The number of halogens is 3. The van der Waals surface area contributed by atoms with E-state index in [1.165, 1.54) is 18.2 Å². The van der Waals surface area contributed by atoms with Crippen LogP contribution in [0.4, 0.5) is 13.2 Å². The molecule has 0 saturated heterocycles. The molecule has 3 rings (SSSR count). The molecule has 0 aliphatic heterocycles. The summed E-state index contributed by atoms with van der Waals surface area (Å²) in [5.41, 5.74) is 1.48. The number of amides is 1. The summed E-state index contributed by atoms with van der Waals surface area (Å²) in [7, 11) is 0. The van der Waals surface area contributed by atoms with E-state index in [2.05, 4.69) is 10.1 Å². The third kappa shape index (κ3) is 5.64. The smallest absolute Gasteiger partial charge is 0.422 e. The van der Waals surface area contributed by atoms with Gasteiger partial charge in [-0.2, -0.15) is 13.2 Å². The van der Waals surface area contributed by atoms with E-state index in [9.17, 15) is 18.0 Å². The van der Waals surface area contributed by atoms with Gasteiger partial charge in [0.1, 0.15) is 17.1 Å². The van der Waals surface area contributed by atoms with Crippen LogP contribution < -0.4 is 10.1 Å². The van der Waals surface area contributed by atoms with E-state index in [0.29, 0.717) is 5.76 Å². The van der Waals surface area contributed by atoms with E-state index in [1.54, 1.807) is 18.2 Å². The van der Waals surface area contributed by atoms with Gasteiger partial charge in [0.2, 0.25) is 5.91 Å². The molecule has 3 aromatic rings. The van der Waals surface area contributed by atoms with E-state index >= 15 is 0 Å². The molecule has 0 aliphatic carbocycles. The van der Waals surface area contributed by atoms with E-state index in [-0.39, 0.29) is 18.2 Å². The summed E-state index contributed by atoms with van der Waals surface area (Å²) in [6, 6.07) is 15.4. The third-order valence-corrected chi connectivity index (χ3v) is 3.64. The van der Waals surface area contributed by atoms with Gasteiger partial charge in [-0.3, -0.25) is 4.79 Å². The first-order valence-corrected chi connectivity index (χ1v) is 8.12. The van der Waals surface area contributed by atoms with Crippen molar-refractivity contribution in [2.45, 2.75) is 12.7 Å². The van der Waals surface area contributed by atoms with Crippen LogP contribution >= 0.6 is 0 Å². The standard InChI is InChI=1S/C20H16F3NO3/c21-20(22,23)13-26-16-7-5-14(6-8-16)12-24-19(25)10-9-17-11-15-3-1-2-4-18(15)27-17/h1-11H,12-13H2,(H,24,25)/b10-9+. The third-order valence-electron chi connectivity index (χ3n) is 3.64. The Morgan fingerprint density at radius 1 is 1.11 bits per heavy atom. The Morgan fingerprint density at radius 2 is 1.85 bits per heavy atom. The lowest BCUT2D eigenvalue weighted by atomic mass is 10.2. The van der Waals surface area contributed by atoms with Crippen molar-refractivity contribution >= 4 is 23.0 Å². The highest BCUT2D eigenvalue weighted by Gasteiger charge is 2.28. The van der Waals surface area contributed by atoms with Crippen molar-refractivity contribution in [3.05, 3.63) is 72.0 Å². The van der Waals surface area contributed by atoms with Crippen LogP contribution in [-0.2, 0) is 11.3 Å². The second-order valence-corrected chi connectivity index (χ2v) is 5.79. The summed E-state index contributed by atoms with van der Waals surface area (Å²) in [6.07, 6.45) is -1.44. The summed E-state index contributed by atoms with van der Waals surface area (Å²) in [6.45, 7) is -1.10. The minimum absolute atomic E-state index is 0.118. The quantitative estimate of drug-likeness (QED) is 0.635. The first-order chi connectivity index (χ1) is 12.9. The van der Waals surface area contributed by atoms with Gasteiger partial charge in [0.05, 0.1) is 0 Å². The van der Waals surface area contributed by atoms with Gasteiger partial charge in [0.25, 0.3) is 0 Å². The molecule has 0 aliphatic rings. The minimum atomic E-state index is -4.38. The zero-order valence-electron chi connectivity index (χ0n) is 14.1. The number of rotatable bonds is 6. The molecule has 0 fully saturated rings. The van der Waals surface area contributed by atoms with Gasteiger partial charge in [0, 0.05) is 18.0 Å².